The van der Waals surface area contributed by atoms with Gasteiger partial charge < -0.3 is 224 Å². The highest BCUT2D eigenvalue weighted by Crippen LogP contribution is 2.44. The zero-order valence-corrected chi connectivity index (χ0v) is 60.7. The monoisotopic (exact) mass is 1640 g/mol. The van der Waals surface area contributed by atoms with Crippen molar-refractivity contribution in [2.24, 2.45) is 0 Å². The van der Waals surface area contributed by atoms with Crippen LogP contribution in [0.5, 0.6) is 0 Å². The molecule has 9 saturated heterocycles. The van der Waals surface area contributed by atoms with E-state index in [1.54, 1.807) is 0 Å². The molecular formula is C63H105N3O46. The van der Waals surface area contributed by atoms with Crippen LogP contribution in [-0.2, 0) is 99.7 Å². The molecule has 49 heteroatoms. The van der Waals surface area contributed by atoms with Crippen LogP contribution in [0.3, 0.4) is 0 Å². The van der Waals surface area contributed by atoms with Gasteiger partial charge in [0.25, 0.3) is 5.79 Å². The van der Waals surface area contributed by atoms with Crippen LogP contribution < -0.4 is 16.0 Å². The predicted octanol–water partition coefficient (Wildman–Crippen LogP) is -17.9. The molecule has 9 heterocycles. The molecule has 0 spiro atoms. The van der Waals surface area contributed by atoms with Crippen molar-refractivity contribution in [1.29, 1.82) is 0 Å². The maximum Gasteiger partial charge on any atom is 0.364 e. The van der Waals surface area contributed by atoms with Gasteiger partial charge >= 0.3 is 5.97 Å². The number of rotatable bonds is 28. The standard InChI is InChI=1S/C63H105N3O46/c1-14-30(76)40(86)43(89)57(97-14)101-21-7-63(62(94)95,112-52(33(79)20(75)8-67)48(21)107-58-44(90)41(87)31(77)15(2)98-58)111-50-35(81)23(10-69)103-60(46(50)92)108-49-29(66-19(6)74)54(93)100-26(37(49)83)13-96-55-28(65-18(5)73)39(85)47(25(12-71)105-55)106-61-53(110-59-45(91)42(88)32(78)16(3)99-59)51(36(82)24(11-70)104-61)109-56-27(64-17(4)72)38(84)34(80)22(9-68)102-56/h14-16,20-61,67-71,75-93H,7-13H2,1-6H3,(H,64,72)(H,65,73)(H,66,74)(H,94,95)/t14-,15-,16-,20+,21-,22+,23+,24+,25+,26+,27+,28+,29+,30+,31+,32+,33+,34-,35-,36-,37-,38+,39+,40+,41+,42+,43-,44-,45-,46+,47+,48+,49+,50-,51-,52-,53+,54+,55+,56+,57-,58-,59-,60-,61-,63+/m0/s1. The van der Waals surface area contributed by atoms with Crippen molar-refractivity contribution in [3.05, 3.63) is 0 Å². The van der Waals surface area contributed by atoms with Crippen LogP contribution in [-0.4, -0.2) is 473 Å². The molecule has 9 aliphatic heterocycles. The SMILES string of the molecule is CC(=O)N[C@@H]1[C@@H](O[C@@H]2O[C@H](CO)[C@H](O)[C@H](O[C@]3(C(=O)O)C[C@H](O[C@@H]4O[C@@H](C)[C@@H](O)[C@@H](O)[C@@H]4O)[C@@H](O[C@@H]4O[C@@H](C)[C@@H](O)[C@@H](O)[C@@H]4O)[C@H]([C@H](O)[C@H](O)CO)O3)[C@H]2O)[C@@H](O)[C@@H](CO[C@@H]2O[C@H](CO)[C@@H](O[C@@H]3O[C@H](CO)[C@H](O)[C@H](O[C@H]4O[C@H](CO)[C@H](O)[C@H](O)[C@H]4NC(C)=O)[C@H]3O[C@@H]3O[C@@H](C)[C@@H](O)[C@@H](O)[C@@H]3O)[C@H](O)[C@H]2NC(C)=O)O[C@H]1O. The van der Waals surface area contributed by atoms with E-state index in [9.17, 15) is 147 Å². The van der Waals surface area contributed by atoms with Gasteiger partial charge in [0.15, 0.2) is 50.3 Å². The van der Waals surface area contributed by atoms with Gasteiger partial charge in [-0.1, -0.05) is 0 Å². The molecule has 0 unspecified atom stereocenters. The summed E-state index contributed by atoms with van der Waals surface area (Å²) in [5.41, 5.74) is 0. The van der Waals surface area contributed by atoms with Crippen LogP contribution in [0.15, 0.2) is 0 Å². The Bertz CT molecular complexity index is 3020. The number of carbonyl (C=O) groups excluding carboxylic acids is 3. The summed E-state index contributed by atoms with van der Waals surface area (Å²) in [5, 5.41) is 285. The van der Waals surface area contributed by atoms with Gasteiger partial charge in [-0.05, 0) is 20.8 Å². The lowest BCUT2D eigenvalue weighted by atomic mass is 9.89. The quantitative estimate of drug-likeness (QED) is 0.0346. The predicted molar refractivity (Wildman–Crippen MR) is 345 cm³/mol. The Balaban J connectivity index is 0.989. The highest BCUT2D eigenvalue weighted by atomic mass is 16.8. The van der Waals surface area contributed by atoms with Crippen molar-refractivity contribution in [2.45, 2.75) is 330 Å². The zero-order chi connectivity index (χ0) is 82.9. The maximum absolute atomic E-state index is 14.0. The van der Waals surface area contributed by atoms with Gasteiger partial charge in [-0.25, -0.2) is 4.79 Å². The highest BCUT2D eigenvalue weighted by Gasteiger charge is 2.64. The molecule has 49 nitrogen and oxygen atoms in total. The van der Waals surface area contributed by atoms with Crippen molar-refractivity contribution in [3.63, 3.8) is 0 Å². The second-order valence-electron chi connectivity index (χ2n) is 28.8. The fourth-order valence-electron chi connectivity index (χ4n) is 14.5. The maximum atomic E-state index is 14.0. The summed E-state index contributed by atoms with van der Waals surface area (Å²) in [5.74, 6) is -8.54. The molecule has 0 aromatic carbocycles. The number of carboxylic acid groups (broad SMARTS) is 1. The first kappa shape index (κ1) is 92.1. The molecule has 9 fully saturated rings. The highest BCUT2D eigenvalue weighted by molar-refractivity contribution is 5.76. The summed E-state index contributed by atoms with van der Waals surface area (Å²) in [6.07, 6.45) is -88.4. The van der Waals surface area contributed by atoms with E-state index in [0.29, 0.717) is 0 Å². The first-order valence-electron chi connectivity index (χ1n) is 35.8. The van der Waals surface area contributed by atoms with Crippen LogP contribution >= 0.6 is 0 Å². The Kier molecular flexibility index (Phi) is 32.1. The Hall–Kier alpha value is -3.76. The molecule has 9 aliphatic rings. The van der Waals surface area contributed by atoms with E-state index >= 15 is 0 Å². The molecule has 0 aliphatic carbocycles. The van der Waals surface area contributed by atoms with Crippen molar-refractivity contribution >= 4 is 23.7 Å². The molecule has 112 heavy (non-hydrogen) atoms. The van der Waals surface area contributed by atoms with E-state index in [1.807, 2.05) is 0 Å². The van der Waals surface area contributed by atoms with Crippen molar-refractivity contribution < 1.29 is 227 Å². The van der Waals surface area contributed by atoms with Gasteiger partial charge in [-0.2, -0.15) is 0 Å². The van der Waals surface area contributed by atoms with Crippen LogP contribution in [0, 0.1) is 0 Å². The molecule has 0 radical (unpaired) electrons. The van der Waals surface area contributed by atoms with E-state index in [-0.39, 0.29) is 0 Å². The third-order valence-electron chi connectivity index (χ3n) is 20.8. The summed E-state index contributed by atoms with van der Waals surface area (Å²) >= 11 is 0. The molecule has 648 valence electrons. The number of aliphatic hydroxyl groups excluding tert-OH is 24. The molecule has 46 atom stereocenters. The van der Waals surface area contributed by atoms with Crippen molar-refractivity contribution in [2.75, 3.05) is 39.6 Å². The number of hydrogen-bond donors (Lipinski definition) is 28. The van der Waals surface area contributed by atoms with E-state index in [4.69, 9.17) is 80.5 Å². The number of aliphatic hydroxyl groups is 24. The summed E-state index contributed by atoms with van der Waals surface area (Å²) in [7, 11) is 0. The second kappa shape index (κ2) is 39.0. The van der Waals surface area contributed by atoms with E-state index in [0.717, 1.165) is 20.8 Å². The minimum atomic E-state index is -3.54. The van der Waals surface area contributed by atoms with Crippen LogP contribution in [0.1, 0.15) is 48.0 Å². The van der Waals surface area contributed by atoms with Gasteiger partial charge in [0.1, 0.15) is 201 Å². The topological polar surface area (TPSA) is 767 Å². The number of carbonyl (C=O) groups is 4. The molecule has 0 aromatic heterocycles. The van der Waals surface area contributed by atoms with Gasteiger partial charge in [0.05, 0.1) is 64.1 Å². The smallest absolute Gasteiger partial charge is 0.364 e. The minimum Gasteiger partial charge on any atom is -0.477 e. The molecular weight excluding hydrogens is 1530 g/mol. The second-order valence-corrected chi connectivity index (χ2v) is 28.8. The zero-order valence-electron chi connectivity index (χ0n) is 60.7. The fraction of sp³-hybridized carbons (Fsp3) is 0.937. The Morgan fingerprint density at radius 3 is 1.28 bits per heavy atom. The van der Waals surface area contributed by atoms with Gasteiger partial charge in [-0.3, -0.25) is 14.4 Å². The van der Waals surface area contributed by atoms with Gasteiger partial charge in [0, 0.05) is 27.2 Å². The third kappa shape index (κ3) is 19.7. The van der Waals surface area contributed by atoms with Crippen LogP contribution in [0.25, 0.3) is 0 Å². The number of hydrogen-bond acceptors (Lipinski definition) is 45. The van der Waals surface area contributed by atoms with Crippen molar-refractivity contribution in [1.82, 2.24) is 16.0 Å². The Labute approximate surface area is 634 Å². The average molecular weight is 1640 g/mol. The lowest BCUT2D eigenvalue weighted by Crippen LogP contribution is -2.71. The van der Waals surface area contributed by atoms with Gasteiger partial charge in [0.2, 0.25) is 17.7 Å². The fourth-order valence-corrected chi connectivity index (χ4v) is 14.5. The molecule has 0 saturated carbocycles. The van der Waals surface area contributed by atoms with Crippen molar-refractivity contribution in [3.8, 4) is 0 Å². The van der Waals surface area contributed by atoms with E-state index in [1.165, 1.54) is 20.8 Å². The summed E-state index contributed by atoms with van der Waals surface area (Å²) in [4.78, 5) is 52.4. The van der Waals surface area contributed by atoms with Crippen LogP contribution in [0.2, 0.25) is 0 Å². The Morgan fingerprint density at radius 2 is 0.786 bits per heavy atom. The summed E-state index contributed by atoms with van der Waals surface area (Å²) < 4.78 is 101. The van der Waals surface area contributed by atoms with E-state index < -0.39 is 352 Å². The first-order chi connectivity index (χ1) is 52.7. The minimum absolute atomic E-state index is 0.836. The number of amides is 3. The number of aliphatic carboxylic acids is 1. The lowest BCUT2D eigenvalue weighted by Gasteiger charge is -2.52. The molecule has 3 amide bonds. The van der Waals surface area contributed by atoms with Gasteiger partial charge in [-0.15, -0.1) is 0 Å². The molecule has 9 rings (SSSR count). The average Bonchev–Trinajstić information content (AvgIpc) is 0.743. The lowest BCUT2D eigenvalue weighted by molar-refractivity contribution is -0.408. The number of carboxylic acids is 1. The van der Waals surface area contributed by atoms with E-state index in [2.05, 4.69) is 16.0 Å². The number of ether oxygens (including phenoxy) is 17. The summed E-state index contributed by atoms with van der Waals surface area (Å²) in [6.45, 7) is -0.393. The molecule has 28 N–H and O–H groups in total. The largest absolute Gasteiger partial charge is 0.477 e. The normalized spacial score (nSPS) is 49.5. The first-order valence-corrected chi connectivity index (χ1v) is 35.8. The summed E-state index contributed by atoms with van der Waals surface area (Å²) in [6, 6.07) is -5.60. The number of nitrogens with one attached hydrogen (secondary N) is 3. The molecule has 0 bridgehead atoms. The third-order valence-corrected chi connectivity index (χ3v) is 20.8. The Morgan fingerprint density at radius 1 is 0.384 bits per heavy atom. The van der Waals surface area contributed by atoms with Crippen LogP contribution in [0.4, 0.5) is 0 Å². The molecule has 0 aromatic rings.